The first-order valence-corrected chi connectivity index (χ1v) is 6.26. The Balaban J connectivity index is 2.30. The summed E-state index contributed by atoms with van der Waals surface area (Å²) in [6.07, 6.45) is 5.09. The highest BCUT2D eigenvalue weighted by atomic mass is 16.3. The van der Waals surface area contributed by atoms with E-state index in [2.05, 4.69) is 25.7 Å². The van der Waals surface area contributed by atoms with E-state index < -0.39 is 0 Å². The van der Waals surface area contributed by atoms with E-state index in [-0.39, 0.29) is 0 Å². The Labute approximate surface area is 104 Å². The molecule has 0 aliphatic heterocycles. The summed E-state index contributed by atoms with van der Waals surface area (Å²) in [6.45, 7) is 8.13. The molecule has 2 N–H and O–H groups in total. The van der Waals surface area contributed by atoms with Gasteiger partial charge in [-0.25, -0.2) is 0 Å². The van der Waals surface area contributed by atoms with Crippen molar-refractivity contribution in [3.05, 3.63) is 42.5 Å². The molecular weight excluding hydrogens is 210 g/mol. The van der Waals surface area contributed by atoms with Gasteiger partial charge in [-0.1, -0.05) is 18.2 Å². The standard InChI is InChI=1S/C15H23NO/c1-4-5-12(2)16-13(3)6-7-14-8-10-15(17)11-9-14/h4,8-13,16-17H,1,5-7H2,2-3H3. The molecule has 17 heavy (non-hydrogen) atoms. The molecule has 0 saturated heterocycles. The molecule has 0 radical (unpaired) electrons. The lowest BCUT2D eigenvalue weighted by Gasteiger charge is -2.18. The van der Waals surface area contributed by atoms with Crippen LogP contribution < -0.4 is 5.32 Å². The van der Waals surface area contributed by atoms with Crippen LogP contribution >= 0.6 is 0 Å². The van der Waals surface area contributed by atoms with Gasteiger partial charge < -0.3 is 10.4 Å². The Hall–Kier alpha value is -1.28. The van der Waals surface area contributed by atoms with Crippen molar-refractivity contribution in [3.8, 4) is 5.75 Å². The molecule has 0 amide bonds. The fourth-order valence-corrected chi connectivity index (χ4v) is 1.93. The summed E-state index contributed by atoms with van der Waals surface area (Å²) >= 11 is 0. The van der Waals surface area contributed by atoms with Crippen molar-refractivity contribution in [2.75, 3.05) is 0 Å². The molecule has 0 aromatic heterocycles. The van der Waals surface area contributed by atoms with E-state index >= 15 is 0 Å². The molecule has 0 aliphatic rings. The number of hydrogen-bond acceptors (Lipinski definition) is 2. The van der Waals surface area contributed by atoms with Crippen LogP contribution in [0.15, 0.2) is 36.9 Å². The minimum absolute atomic E-state index is 0.333. The van der Waals surface area contributed by atoms with Gasteiger partial charge in [0, 0.05) is 12.1 Å². The predicted octanol–water partition coefficient (Wildman–Crippen LogP) is 3.27. The molecule has 0 aliphatic carbocycles. The van der Waals surface area contributed by atoms with E-state index in [1.54, 1.807) is 12.1 Å². The maximum absolute atomic E-state index is 9.19. The van der Waals surface area contributed by atoms with Crippen LogP contribution in [-0.4, -0.2) is 17.2 Å². The Bertz CT molecular complexity index is 331. The number of rotatable bonds is 7. The number of phenolic OH excluding ortho intramolecular Hbond substituents is 1. The van der Waals surface area contributed by atoms with Gasteiger partial charge in [0.15, 0.2) is 0 Å². The van der Waals surface area contributed by atoms with Crippen LogP contribution in [0, 0.1) is 0 Å². The van der Waals surface area contributed by atoms with Gasteiger partial charge in [-0.05, 0) is 50.8 Å². The SMILES string of the molecule is C=CCC(C)NC(C)CCc1ccc(O)cc1. The van der Waals surface area contributed by atoms with Crippen molar-refractivity contribution in [2.45, 2.75) is 45.2 Å². The molecule has 0 saturated carbocycles. The van der Waals surface area contributed by atoms with Gasteiger partial charge in [-0.2, -0.15) is 0 Å². The number of nitrogens with one attached hydrogen (secondary N) is 1. The zero-order valence-electron chi connectivity index (χ0n) is 10.8. The van der Waals surface area contributed by atoms with Gasteiger partial charge in [-0.15, -0.1) is 6.58 Å². The molecule has 1 rings (SSSR count). The summed E-state index contributed by atoms with van der Waals surface area (Å²) < 4.78 is 0. The third-order valence-electron chi connectivity index (χ3n) is 2.89. The lowest BCUT2D eigenvalue weighted by atomic mass is 10.1. The molecule has 94 valence electrons. The Kier molecular flexibility index (Phi) is 5.78. The van der Waals surface area contributed by atoms with E-state index in [1.165, 1.54) is 5.56 Å². The molecule has 2 unspecified atom stereocenters. The largest absolute Gasteiger partial charge is 0.508 e. The molecule has 0 heterocycles. The monoisotopic (exact) mass is 233 g/mol. The highest BCUT2D eigenvalue weighted by molar-refractivity contribution is 5.25. The maximum atomic E-state index is 9.19. The minimum Gasteiger partial charge on any atom is -0.508 e. The Morgan fingerprint density at radius 3 is 2.47 bits per heavy atom. The summed E-state index contributed by atoms with van der Waals surface area (Å²) in [6, 6.07) is 8.44. The van der Waals surface area contributed by atoms with Crippen LogP contribution in [0.3, 0.4) is 0 Å². The third-order valence-corrected chi connectivity index (χ3v) is 2.89. The number of phenols is 1. The first kappa shape index (κ1) is 13.8. The van der Waals surface area contributed by atoms with Crippen molar-refractivity contribution in [3.63, 3.8) is 0 Å². The van der Waals surface area contributed by atoms with E-state index in [1.807, 2.05) is 18.2 Å². The summed E-state index contributed by atoms with van der Waals surface area (Å²) in [7, 11) is 0. The first-order valence-electron chi connectivity index (χ1n) is 6.26. The third kappa shape index (κ3) is 5.55. The number of hydrogen-bond donors (Lipinski definition) is 2. The number of aromatic hydroxyl groups is 1. The molecule has 1 aromatic carbocycles. The van der Waals surface area contributed by atoms with E-state index in [0.29, 0.717) is 17.8 Å². The molecular formula is C15H23NO. The number of benzene rings is 1. The summed E-state index contributed by atoms with van der Waals surface area (Å²) in [4.78, 5) is 0. The molecule has 0 bridgehead atoms. The summed E-state index contributed by atoms with van der Waals surface area (Å²) in [5, 5.41) is 12.7. The van der Waals surface area contributed by atoms with Crippen molar-refractivity contribution in [1.82, 2.24) is 5.32 Å². The fourth-order valence-electron chi connectivity index (χ4n) is 1.93. The minimum atomic E-state index is 0.333. The zero-order valence-corrected chi connectivity index (χ0v) is 10.8. The second-order valence-corrected chi connectivity index (χ2v) is 4.70. The summed E-state index contributed by atoms with van der Waals surface area (Å²) in [5.41, 5.74) is 1.27. The molecule has 0 spiro atoms. The topological polar surface area (TPSA) is 32.3 Å². The molecule has 2 atom stereocenters. The van der Waals surface area contributed by atoms with Gasteiger partial charge in [-0.3, -0.25) is 0 Å². The molecule has 1 aromatic rings. The summed E-state index contributed by atoms with van der Waals surface area (Å²) in [5.74, 6) is 0.333. The van der Waals surface area contributed by atoms with E-state index in [0.717, 1.165) is 19.3 Å². The normalized spacial score (nSPS) is 14.2. The maximum Gasteiger partial charge on any atom is 0.115 e. The molecule has 2 heteroatoms. The second kappa shape index (κ2) is 7.13. The fraction of sp³-hybridized carbons (Fsp3) is 0.467. The van der Waals surface area contributed by atoms with Crippen molar-refractivity contribution < 1.29 is 5.11 Å². The van der Waals surface area contributed by atoms with Gasteiger partial charge in [0.1, 0.15) is 5.75 Å². The van der Waals surface area contributed by atoms with Crippen molar-refractivity contribution in [2.24, 2.45) is 0 Å². The highest BCUT2D eigenvalue weighted by Crippen LogP contribution is 2.12. The lowest BCUT2D eigenvalue weighted by Crippen LogP contribution is -2.34. The second-order valence-electron chi connectivity index (χ2n) is 4.70. The lowest BCUT2D eigenvalue weighted by molar-refractivity contribution is 0.448. The van der Waals surface area contributed by atoms with Crippen molar-refractivity contribution >= 4 is 0 Å². The van der Waals surface area contributed by atoms with E-state index in [9.17, 15) is 5.11 Å². The quantitative estimate of drug-likeness (QED) is 0.708. The van der Waals surface area contributed by atoms with Crippen LogP contribution in [0.2, 0.25) is 0 Å². The number of aryl methyl sites for hydroxylation is 1. The average Bonchev–Trinajstić information content (AvgIpc) is 2.28. The van der Waals surface area contributed by atoms with Crippen LogP contribution in [0.25, 0.3) is 0 Å². The van der Waals surface area contributed by atoms with Gasteiger partial charge >= 0.3 is 0 Å². The molecule has 0 fully saturated rings. The Morgan fingerprint density at radius 2 is 1.88 bits per heavy atom. The Morgan fingerprint density at radius 1 is 1.24 bits per heavy atom. The van der Waals surface area contributed by atoms with E-state index in [4.69, 9.17) is 0 Å². The highest BCUT2D eigenvalue weighted by Gasteiger charge is 2.06. The van der Waals surface area contributed by atoms with Crippen molar-refractivity contribution in [1.29, 1.82) is 0 Å². The average molecular weight is 233 g/mol. The van der Waals surface area contributed by atoms with Crippen LogP contribution in [-0.2, 0) is 6.42 Å². The smallest absolute Gasteiger partial charge is 0.115 e. The van der Waals surface area contributed by atoms with Crippen LogP contribution in [0.5, 0.6) is 5.75 Å². The molecule has 2 nitrogen and oxygen atoms in total. The van der Waals surface area contributed by atoms with Gasteiger partial charge in [0.2, 0.25) is 0 Å². The first-order chi connectivity index (χ1) is 8.11. The predicted molar refractivity (Wildman–Crippen MR) is 73.3 cm³/mol. The zero-order chi connectivity index (χ0) is 12.7. The van der Waals surface area contributed by atoms with Gasteiger partial charge in [0.05, 0.1) is 0 Å². The van der Waals surface area contributed by atoms with Crippen LogP contribution in [0.1, 0.15) is 32.3 Å². The van der Waals surface area contributed by atoms with Gasteiger partial charge in [0.25, 0.3) is 0 Å². The van der Waals surface area contributed by atoms with Crippen LogP contribution in [0.4, 0.5) is 0 Å².